The molecule has 0 saturated carbocycles. The first-order chi connectivity index (χ1) is 12.0. The number of nitrogens with one attached hydrogen (secondary N) is 1. The Morgan fingerprint density at radius 1 is 1.16 bits per heavy atom. The Labute approximate surface area is 149 Å². The van der Waals surface area contributed by atoms with Crippen LogP contribution in [0.25, 0.3) is 0 Å². The van der Waals surface area contributed by atoms with Crippen molar-refractivity contribution in [3.63, 3.8) is 0 Å². The van der Waals surface area contributed by atoms with Crippen LogP contribution in [0.15, 0.2) is 24.3 Å². The molecule has 1 heterocycles. The number of benzene rings is 1. The fourth-order valence-corrected chi connectivity index (χ4v) is 2.89. The van der Waals surface area contributed by atoms with Gasteiger partial charge < -0.3 is 19.7 Å². The van der Waals surface area contributed by atoms with Crippen molar-refractivity contribution in [3.05, 3.63) is 24.3 Å². The highest BCUT2D eigenvalue weighted by atomic mass is 16.5. The number of carbonyl (C=O) groups excluding carboxylic acids is 2. The number of nitrogens with zero attached hydrogens (tertiary/aromatic N) is 1. The molecule has 0 unspecified atom stereocenters. The largest absolute Gasteiger partial charge is 0.497 e. The summed E-state index contributed by atoms with van der Waals surface area (Å²) in [6, 6.07) is 7.34. The van der Waals surface area contributed by atoms with Gasteiger partial charge in [-0.3, -0.25) is 9.59 Å². The van der Waals surface area contributed by atoms with E-state index in [1.807, 2.05) is 43.0 Å². The molecule has 1 fully saturated rings. The summed E-state index contributed by atoms with van der Waals surface area (Å²) >= 11 is 0. The summed E-state index contributed by atoms with van der Waals surface area (Å²) in [4.78, 5) is 26.0. The van der Waals surface area contributed by atoms with Crippen molar-refractivity contribution in [2.45, 2.75) is 26.7 Å². The van der Waals surface area contributed by atoms with Gasteiger partial charge in [0.2, 0.25) is 11.8 Å². The van der Waals surface area contributed by atoms with Crippen molar-refractivity contribution < 1.29 is 19.1 Å². The summed E-state index contributed by atoms with van der Waals surface area (Å²) < 4.78 is 10.7. The van der Waals surface area contributed by atoms with Gasteiger partial charge in [0.1, 0.15) is 18.1 Å². The lowest BCUT2D eigenvalue weighted by molar-refractivity contribution is -0.138. The van der Waals surface area contributed by atoms with Crippen LogP contribution < -0.4 is 14.8 Å². The topological polar surface area (TPSA) is 67.9 Å². The molecule has 2 amide bonds. The first-order valence-corrected chi connectivity index (χ1v) is 8.84. The third kappa shape index (κ3) is 5.66. The van der Waals surface area contributed by atoms with E-state index in [1.165, 1.54) is 0 Å². The zero-order chi connectivity index (χ0) is 18.2. The van der Waals surface area contributed by atoms with Crippen LogP contribution in [0.5, 0.6) is 11.5 Å². The highest BCUT2D eigenvalue weighted by molar-refractivity contribution is 5.80. The second-order valence-electron chi connectivity index (χ2n) is 6.57. The molecule has 1 saturated heterocycles. The van der Waals surface area contributed by atoms with Crippen molar-refractivity contribution in [1.82, 2.24) is 10.2 Å². The van der Waals surface area contributed by atoms with E-state index in [9.17, 15) is 9.59 Å². The molecule has 6 heteroatoms. The number of likely N-dealkylation sites (tertiary alicyclic amines) is 1. The smallest absolute Gasteiger partial charge is 0.225 e. The Hall–Kier alpha value is -2.24. The van der Waals surface area contributed by atoms with Crippen molar-refractivity contribution in [1.29, 1.82) is 0 Å². The maximum absolute atomic E-state index is 12.2. The number of piperidine rings is 1. The maximum Gasteiger partial charge on any atom is 0.225 e. The molecule has 1 N–H and O–H groups in total. The molecule has 1 aromatic carbocycles. The van der Waals surface area contributed by atoms with Gasteiger partial charge in [0.05, 0.1) is 13.7 Å². The highest BCUT2D eigenvalue weighted by Gasteiger charge is 2.27. The molecule has 0 aliphatic carbocycles. The van der Waals surface area contributed by atoms with Crippen molar-refractivity contribution in [2.75, 3.05) is 33.4 Å². The lowest BCUT2D eigenvalue weighted by atomic mass is 9.95. The second-order valence-corrected chi connectivity index (χ2v) is 6.57. The number of hydrogen-bond donors (Lipinski definition) is 1. The zero-order valence-corrected chi connectivity index (χ0v) is 15.3. The van der Waals surface area contributed by atoms with Crippen LogP contribution >= 0.6 is 0 Å². The highest BCUT2D eigenvalue weighted by Crippen LogP contribution is 2.19. The minimum atomic E-state index is -0.0165. The summed E-state index contributed by atoms with van der Waals surface area (Å²) in [5.41, 5.74) is 0. The van der Waals surface area contributed by atoms with Crippen molar-refractivity contribution >= 4 is 11.8 Å². The molecule has 0 radical (unpaired) electrons. The minimum Gasteiger partial charge on any atom is -0.497 e. The predicted molar refractivity (Wildman–Crippen MR) is 95.6 cm³/mol. The average Bonchev–Trinajstić information content (AvgIpc) is 2.65. The van der Waals surface area contributed by atoms with E-state index in [4.69, 9.17) is 9.47 Å². The van der Waals surface area contributed by atoms with E-state index in [2.05, 4.69) is 5.32 Å². The molecule has 0 spiro atoms. The standard InChI is InChI=1S/C19H28N2O4/c1-14(2)19(23)21-11-8-15(9-12-21)18(22)20-10-13-25-17-6-4-16(24-3)5-7-17/h4-7,14-15H,8-13H2,1-3H3,(H,20,22). The average molecular weight is 348 g/mol. The zero-order valence-electron chi connectivity index (χ0n) is 15.3. The number of ether oxygens (including phenoxy) is 2. The molecular weight excluding hydrogens is 320 g/mol. The van der Waals surface area contributed by atoms with E-state index in [-0.39, 0.29) is 23.7 Å². The van der Waals surface area contributed by atoms with Crippen LogP contribution in [0.4, 0.5) is 0 Å². The van der Waals surface area contributed by atoms with Gasteiger partial charge in [-0.05, 0) is 37.1 Å². The van der Waals surface area contributed by atoms with Gasteiger partial charge in [0, 0.05) is 24.9 Å². The van der Waals surface area contributed by atoms with Crippen LogP contribution in [0.2, 0.25) is 0 Å². The maximum atomic E-state index is 12.2. The van der Waals surface area contributed by atoms with Gasteiger partial charge >= 0.3 is 0 Å². The first kappa shape index (κ1) is 19.1. The van der Waals surface area contributed by atoms with Crippen LogP contribution in [0, 0.1) is 11.8 Å². The number of methoxy groups -OCH3 is 1. The predicted octanol–water partition coefficient (Wildman–Crippen LogP) is 2.08. The lowest BCUT2D eigenvalue weighted by Crippen LogP contribution is -2.44. The number of hydrogen-bond acceptors (Lipinski definition) is 4. The lowest BCUT2D eigenvalue weighted by Gasteiger charge is -2.32. The Morgan fingerprint density at radius 2 is 1.76 bits per heavy atom. The number of rotatable bonds is 7. The third-order valence-corrected chi connectivity index (χ3v) is 4.40. The van der Waals surface area contributed by atoms with E-state index in [0.717, 1.165) is 24.3 Å². The fourth-order valence-electron chi connectivity index (χ4n) is 2.89. The molecule has 0 bridgehead atoms. The second kappa shape index (κ2) is 9.30. The molecule has 6 nitrogen and oxygen atoms in total. The summed E-state index contributed by atoms with van der Waals surface area (Å²) in [5, 5.41) is 2.92. The summed E-state index contributed by atoms with van der Waals surface area (Å²) in [6.45, 7) is 6.03. The third-order valence-electron chi connectivity index (χ3n) is 4.40. The van der Waals surface area contributed by atoms with E-state index in [1.54, 1.807) is 7.11 Å². The van der Waals surface area contributed by atoms with Gasteiger partial charge in [-0.2, -0.15) is 0 Å². The molecule has 2 rings (SSSR count). The fraction of sp³-hybridized carbons (Fsp3) is 0.579. The molecule has 138 valence electrons. The molecular formula is C19H28N2O4. The SMILES string of the molecule is COc1ccc(OCCNC(=O)C2CCN(C(=O)C(C)C)CC2)cc1. The Morgan fingerprint density at radius 3 is 2.32 bits per heavy atom. The molecule has 0 aromatic heterocycles. The number of amides is 2. The Balaban J connectivity index is 1.65. The molecule has 1 aliphatic rings. The molecule has 1 aromatic rings. The van der Waals surface area contributed by atoms with Crippen molar-refractivity contribution in [2.24, 2.45) is 11.8 Å². The monoisotopic (exact) mass is 348 g/mol. The van der Waals surface area contributed by atoms with Gasteiger partial charge in [-0.25, -0.2) is 0 Å². The molecule has 1 aliphatic heterocycles. The van der Waals surface area contributed by atoms with E-state index >= 15 is 0 Å². The number of carbonyl (C=O) groups is 2. The molecule has 0 atom stereocenters. The first-order valence-electron chi connectivity index (χ1n) is 8.84. The van der Waals surface area contributed by atoms with Crippen LogP contribution in [-0.2, 0) is 9.59 Å². The normalized spacial score (nSPS) is 15.1. The van der Waals surface area contributed by atoms with Gasteiger partial charge in [0.25, 0.3) is 0 Å². The van der Waals surface area contributed by atoms with Gasteiger partial charge in [0.15, 0.2) is 0 Å². The van der Waals surface area contributed by atoms with Gasteiger partial charge in [-0.15, -0.1) is 0 Å². The summed E-state index contributed by atoms with van der Waals surface area (Å²) in [7, 11) is 1.62. The Bertz CT molecular complexity index is 563. The van der Waals surface area contributed by atoms with Gasteiger partial charge in [-0.1, -0.05) is 13.8 Å². The quantitative estimate of drug-likeness (QED) is 0.766. The summed E-state index contributed by atoms with van der Waals surface area (Å²) in [5.74, 6) is 1.75. The van der Waals surface area contributed by atoms with Crippen LogP contribution in [0.1, 0.15) is 26.7 Å². The van der Waals surface area contributed by atoms with Crippen molar-refractivity contribution in [3.8, 4) is 11.5 Å². The molecule has 25 heavy (non-hydrogen) atoms. The van der Waals surface area contributed by atoms with Crippen LogP contribution in [0.3, 0.4) is 0 Å². The Kier molecular flexibility index (Phi) is 7.10. The summed E-state index contributed by atoms with van der Waals surface area (Å²) in [6.07, 6.45) is 1.45. The minimum absolute atomic E-state index is 0.0143. The van der Waals surface area contributed by atoms with E-state index < -0.39 is 0 Å². The van der Waals surface area contributed by atoms with E-state index in [0.29, 0.717) is 26.2 Å². The van der Waals surface area contributed by atoms with Crippen LogP contribution in [-0.4, -0.2) is 50.1 Å².